The first-order valence-electron chi connectivity index (χ1n) is 6.29. The molecular weight excluding hydrogens is 270 g/mol. The maximum absolute atomic E-state index is 11.7. The van der Waals surface area contributed by atoms with Crippen LogP contribution in [0.1, 0.15) is 11.1 Å². The highest BCUT2D eigenvalue weighted by Crippen LogP contribution is 2.20. The number of nitrogens with zero attached hydrogens (tertiary/aromatic N) is 1. The van der Waals surface area contributed by atoms with Crippen molar-refractivity contribution in [2.75, 3.05) is 13.7 Å². The monoisotopic (exact) mass is 285 g/mol. The third-order valence-electron chi connectivity index (χ3n) is 2.85. The fourth-order valence-corrected chi connectivity index (χ4v) is 1.89. The molecule has 0 unspecified atom stereocenters. The molecule has 0 saturated heterocycles. The number of methoxy groups -OCH3 is 1. The third-order valence-corrected chi connectivity index (χ3v) is 2.85. The number of aromatic nitrogens is 2. The summed E-state index contributed by atoms with van der Waals surface area (Å²) >= 11 is 0. The van der Waals surface area contributed by atoms with Gasteiger partial charge in [0.25, 0.3) is 5.56 Å². The molecule has 0 fully saturated rings. The van der Waals surface area contributed by atoms with Crippen molar-refractivity contribution < 1.29 is 4.74 Å². The van der Waals surface area contributed by atoms with Gasteiger partial charge in [0.1, 0.15) is 5.75 Å². The normalized spacial score (nSPS) is 9.81. The molecule has 1 heterocycles. The highest BCUT2D eigenvalue weighted by Gasteiger charge is 2.06. The molecule has 0 amide bonds. The SMILES string of the molecule is COc1ccc(C#CCN)cc1Cn1ccc(=O)[nH]c1=O. The zero-order chi connectivity index (χ0) is 15.2. The van der Waals surface area contributed by atoms with E-state index in [1.807, 2.05) is 12.1 Å². The molecular formula is C15H15N3O3. The average molecular weight is 285 g/mol. The van der Waals surface area contributed by atoms with Gasteiger partial charge in [0.05, 0.1) is 20.2 Å². The summed E-state index contributed by atoms with van der Waals surface area (Å²) in [6.07, 6.45) is 1.44. The van der Waals surface area contributed by atoms with E-state index in [2.05, 4.69) is 16.8 Å². The summed E-state index contributed by atoms with van der Waals surface area (Å²) in [5.74, 6) is 6.35. The number of nitrogens with one attached hydrogen (secondary N) is 1. The van der Waals surface area contributed by atoms with Gasteiger partial charge in [-0.3, -0.25) is 14.3 Å². The summed E-state index contributed by atoms with van der Waals surface area (Å²) in [5, 5.41) is 0. The number of H-pyrrole nitrogens is 1. The van der Waals surface area contributed by atoms with Gasteiger partial charge in [-0.25, -0.2) is 4.79 Å². The molecule has 108 valence electrons. The molecule has 0 aliphatic rings. The first-order valence-corrected chi connectivity index (χ1v) is 6.29. The van der Waals surface area contributed by atoms with Gasteiger partial charge in [0.2, 0.25) is 0 Å². The Morgan fingerprint density at radius 2 is 2.14 bits per heavy atom. The maximum Gasteiger partial charge on any atom is 0.328 e. The lowest BCUT2D eigenvalue weighted by Gasteiger charge is -2.10. The smallest absolute Gasteiger partial charge is 0.328 e. The van der Waals surface area contributed by atoms with Crippen LogP contribution in [0.3, 0.4) is 0 Å². The third kappa shape index (κ3) is 3.61. The van der Waals surface area contributed by atoms with Crippen molar-refractivity contribution in [1.82, 2.24) is 9.55 Å². The minimum absolute atomic E-state index is 0.275. The van der Waals surface area contributed by atoms with E-state index in [-0.39, 0.29) is 13.1 Å². The van der Waals surface area contributed by atoms with Crippen LogP contribution < -0.4 is 21.7 Å². The highest BCUT2D eigenvalue weighted by atomic mass is 16.5. The molecule has 3 N–H and O–H groups in total. The summed E-state index contributed by atoms with van der Waals surface area (Å²) in [7, 11) is 1.56. The second-order valence-electron chi connectivity index (χ2n) is 4.27. The van der Waals surface area contributed by atoms with Crippen LogP contribution in [0.4, 0.5) is 0 Å². The van der Waals surface area contributed by atoms with E-state index in [0.717, 1.165) is 11.1 Å². The van der Waals surface area contributed by atoms with Gasteiger partial charge in [0.15, 0.2) is 0 Å². The molecule has 6 heteroatoms. The Labute approximate surface area is 121 Å². The predicted molar refractivity (Wildman–Crippen MR) is 79.4 cm³/mol. The van der Waals surface area contributed by atoms with Crippen LogP contribution in [0.25, 0.3) is 0 Å². The number of aromatic amines is 1. The summed E-state index contributed by atoms with van der Waals surface area (Å²) in [6, 6.07) is 6.73. The molecule has 6 nitrogen and oxygen atoms in total. The fourth-order valence-electron chi connectivity index (χ4n) is 1.89. The number of benzene rings is 1. The maximum atomic E-state index is 11.7. The first kappa shape index (κ1) is 14.6. The van der Waals surface area contributed by atoms with Crippen molar-refractivity contribution in [3.63, 3.8) is 0 Å². The second-order valence-corrected chi connectivity index (χ2v) is 4.27. The predicted octanol–water partition coefficient (Wildman–Crippen LogP) is -0.0963. The molecule has 0 spiro atoms. The summed E-state index contributed by atoms with van der Waals surface area (Å²) < 4.78 is 6.67. The summed E-state index contributed by atoms with van der Waals surface area (Å²) in [6.45, 7) is 0.553. The van der Waals surface area contributed by atoms with Gasteiger partial charge in [-0.05, 0) is 18.2 Å². The Morgan fingerprint density at radius 3 is 2.81 bits per heavy atom. The highest BCUT2D eigenvalue weighted by molar-refractivity contribution is 5.44. The largest absolute Gasteiger partial charge is 0.496 e. The van der Waals surface area contributed by atoms with Crippen LogP contribution in [0.15, 0.2) is 40.1 Å². The van der Waals surface area contributed by atoms with Gasteiger partial charge in [0, 0.05) is 23.4 Å². The average Bonchev–Trinajstić information content (AvgIpc) is 2.48. The topological polar surface area (TPSA) is 90.1 Å². The van der Waals surface area contributed by atoms with Gasteiger partial charge in [-0.15, -0.1) is 0 Å². The molecule has 0 aliphatic carbocycles. The molecule has 21 heavy (non-hydrogen) atoms. The first-order chi connectivity index (χ1) is 10.1. The molecule has 2 aromatic rings. The molecule has 1 aromatic heterocycles. The molecule has 0 saturated carbocycles. The Morgan fingerprint density at radius 1 is 1.33 bits per heavy atom. The number of hydrogen-bond acceptors (Lipinski definition) is 4. The Kier molecular flexibility index (Phi) is 4.59. The standard InChI is InChI=1S/C15H15N3O3/c1-21-13-5-4-11(3-2-7-16)9-12(13)10-18-8-6-14(19)17-15(18)20/h4-6,8-9H,7,10,16H2,1H3,(H,17,19,20). The molecule has 0 bridgehead atoms. The molecule has 0 atom stereocenters. The van der Waals surface area contributed by atoms with Crippen molar-refractivity contribution in [2.45, 2.75) is 6.54 Å². The van der Waals surface area contributed by atoms with Gasteiger partial charge >= 0.3 is 5.69 Å². The van der Waals surface area contributed by atoms with Gasteiger partial charge in [-0.2, -0.15) is 0 Å². The van der Waals surface area contributed by atoms with E-state index in [4.69, 9.17) is 10.5 Å². The quantitative estimate of drug-likeness (QED) is 0.771. The van der Waals surface area contributed by atoms with E-state index >= 15 is 0 Å². The van der Waals surface area contributed by atoms with Gasteiger partial charge in [-0.1, -0.05) is 11.8 Å². The van der Waals surface area contributed by atoms with Crippen LogP contribution in [0.2, 0.25) is 0 Å². The van der Waals surface area contributed by atoms with E-state index in [0.29, 0.717) is 5.75 Å². The van der Waals surface area contributed by atoms with Crippen molar-refractivity contribution in [3.8, 4) is 17.6 Å². The molecule has 0 radical (unpaired) electrons. The lowest BCUT2D eigenvalue weighted by Crippen LogP contribution is -2.29. The van der Waals surface area contributed by atoms with Crippen LogP contribution in [-0.4, -0.2) is 23.2 Å². The van der Waals surface area contributed by atoms with E-state index in [1.165, 1.54) is 16.8 Å². The number of ether oxygens (including phenoxy) is 1. The lowest BCUT2D eigenvalue weighted by molar-refractivity contribution is 0.408. The van der Waals surface area contributed by atoms with Crippen molar-refractivity contribution in [2.24, 2.45) is 5.73 Å². The van der Waals surface area contributed by atoms with Crippen LogP contribution in [-0.2, 0) is 6.54 Å². The molecule has 1 aromatic carbocycles. The Balaban J connectivity index is 2.41. The van der Waals surface area contributed by atoms with Gasteiger partial charge < -0.3 is 10.5 Å². The number of nitrogens with two attached hydrogens (primary N) is 1. The minimum atomic E-state index is -0.469. The van der Waals surface area contributed by atoms with E-state index in [1.54, 1.807) is 13.2 Å². The van der Waals surface area contributed by atoms with Crippen molar-refractivity contribution in [1.29, 1.82) is 0 Å². The van der Waals surface area contributed by atoms with Crippen LogP contribution in [0, 0.1) is 11.8 Å². The summed E-state index contributed by atoms with van der Waals surface area (Å²) in [5.41, 5.74) is 6.03. The number of hydrogen-bond donors (Lipinski definition) is 2. The summed E-state index contributed by atoms with van der Waals surface area (Å²) in [4.78, 5) is 25.0. The zero-order valence-electron chi connectivity index (χ0n) is 11.6. The fraction of sp³-hybridized carbons (Fsp3) is 0.200. The zero-order valence-corrected chi connectivity index (χ0v) is 11.6. The minimum Gasteiger partial charge on any atom is -0.496 e. The lowest BCUT2D eigenvalue weighted by atomic mass is 10.1. The Bertz CT molecular complexity index is 809. The van der Waals surface area contributed by atoms with Crippen molar-refractivity contribution in [3.05, 3.63) is 62.4 Å². The van der Waals surface area contributed by atoms with E-state index < -0.39 is 11.2 Å². The molecule has 2 rings (SSSR count). The molecule has 0 aliphatic heterocycles. The van der Waals surface area contributed by atoms with Crippen LogP contribution in [0.5, 0.6) is 5.75 Å². The van der Waals surface area contributed by atoms with E-state index in [9.17, 15) is 9.59 Å². The Hall–Kier alpha value is -2.78. The number of rotatable bonds is 3. The van der Waals surface area contributed by atoms with Crippen molar-refractivity contribution >= 4 is 0 Å². The second kappa shape index (κ2) is 6.59. The van der Waals surface area contributed by atoms with Crippen LogP contribution >= 0.6 is 0 Å².